The lowest BCUT2D eigenvalue weighted by atomic mass is 10.1. The zero-order valence-corrected chi connectivity index (χ0v) is 10.0. The number of rotatable bonds is 5. The van der Waals surface area contributed by atoms with Crippen LogP contribution < -0.4 is 5.32 Å². The molecule has 1 aromatic heterocycles. The molecule has 0 saturated carbocycles. The standard InChI is InChI=1S/C12H19NS/c1-4-7-13-11(9-10(2)3)12-6-5-8-14-12/h5-6,8-9,11,13H,4,7H2,1-3H3. The van der Waals surface area contributed by atoms with E-state index in [0.717, 1.165) is 6.54 Å². The highest BCUT2D eigenvalue weighted by atomic mass is 32.1. The normalized spacial score (nSPS) is 12.5. The van der Waals surface area contributed by atoms with Crippen LogP contribution in [-0.2, 0) is 0 Å². The van der Waals surface area contributed by atoms with Crippen molar-refractivity contribution in [3.63, 3.8) is 0 Å². The van der Waals surface area contributed by atoms with Gasteiger partial charge in [0.2, 0.25) is 0 Å². The molecule has 1 N–H and O–H groups in total. The van der Waals surface area contributed by atoms with Crippen molar-refractivity contribution in [3.05, 3.63) is 34.0 Å². The molecule has 1 aromatic rings. The molecule has 0 aliphatic rings. The average Bonchev–Trinajstić information content (AvgIpc) is 2.64. The highest BCUT2D eigenvalue weighted by molar-refractivity contribution is 7.10. The van der Waals surface area contributed by atoms with Gasteiger partial charge < -0.3 is 5.32 Å². The van der Waals surface area contributed by atoms with Crippen LogP contribution in [0.2, 0.25) is 0 Å². The highest BCUT2D eigenvalue weighted by Crippen LogP contribution is 2.21. The van der Waals surface area contributed by atoms with E-state index >= 15 is 0 Å². The molecule has 14 heavy (non-hydrogen) atoms. The maximum absolute atomic E-state index is 3.54. The van der Waals surface area contributed by atoms with E-state index in [1.54, 1.807) is 0 Å². The Hall–Kier alpha value is -0.600. The maximum atomic E-state index is 3.54. The number of thiophene rings is 1. The van der Waals surface area contributed by atoms with Gasteiger partial charge in [-0.05, 0) is 38.3 Å². The quantitative estimate of drug-likeness (QED) is 0.728. The van der Waals surface area contributed by atoms with Gasteiger partial charge in [0.15, 0.2) is 0 Å². The van der Waals surface area contributed by atoms with Crippen LogP contribution in [0.4, 0.5) is 0 Å². The Morgan fingerprint density at radius 3 is 2.86 bits per heavy atom. The summed E-state index contributed by atoms with van der Waals surface area (Å²) in [4.78, 5) is 1.40. The molecule has 0 aliphatic carbocycles. The highest BCUT2D eigenvalue weighted by Gasteiger charge is 2.07. The van der Waals surface area contributed by atoms with E-state index in [-0.39, 0.29) is 0 Å². The van der Waals surface area contributed by atoms with Crippen molar-refractivity contribution in [1.29, 1.82) is 0 Å². The monoisotopic (exact) mass is 209 g/mol. The van der Waals surface area contributed by atoms with E-state index in [4.69, 9.17) is 0 Å². The molecule has 1 atom stereocenters. The van der Waals surface area contributed by atoms with Crippen LogP contribution in [0.15, 0.2) is 29.2 Å². The molecule has 0 radical (unpaired) electrons. The SMILES string of the molecule is CCCNC(C=C(C)C)c1cccs1. The summed E-state index contributed by atoms with van der Waals surface area (Å²) < 4.78 is 0. The third kappa shape index (κ3) is 3.64. The number of hydrogen-bond acceptors (Lipinski definition) is 2. The van der Waals surface area contributed by atoms with E-state index in [1.165, 1.54) is 16.9 Å². The van der Waals surface area contributed by atoms with Crippen LogP contribution in [0.1, 0.15) is 38.1 Å². The van der Waals surface area contributed by atoms with Gasteiger partial charge in [0.1, 0.15) is 0 Å². The second-order valence-electron chi connectivity index (χ2n) is 3.69. The van der Waals surface area contributed by atoms with E-state index in [2.05, 4.69) is 49.7 Å². The molecular formula is C12H19NS. The molecule has 0 fully saturated rings. The molecule has 1 nitrogen and oxygen atoms in total. The molecule has 0 aromatic carbocycles. The van der Waals surface area contributed by atoms with E-state index in [0.29, 0.717) is 6.04 Å². The minimum absolute atomic E-state index is 0.403. The molecule has 0 amide bonds. The summed E-state index contributed by atoms with van der Waals surface area (Å²) in [5.41, 5.74) is 1.37. The fourth-order valence-electron chi connectivity index (χ4n) is 1.34. The number of allylic oxidation sites excluding steroid dienone is 1. The second kappa shape index (κ2) is 5.99. The van der Waals surface area contributed by atoms with Crippen LogP contribution in [-0.4, -0.2) is 6.54 Å². The minimum Gasteiger partial charge on any atom is -0.306 e. The third-order valence-corrected chi connectivity index (χ3v) is 2.92. The van der Waals surface area contributed by atoms with Crippen molar-refractivity contribution in [1.82, 2.24) is 5.32 Å². The van der Waals surface area contributed by atoms with Gasteiger partial charge in [0.25, 0.3) is 0 Å². The predicted molar refractivity (Wildman–Crippen MR) is 64.8 cm³/mol. The zero-order chi connectivity index (χ0) is 10.4. The Labute approximate surface area is 90.9 Å². The summed E-state index contributed by atoms with van der Waals surface area (Å²) in [6, 6.07) is 4.71. The van der Waals surface area contributed by atoms with Gasteiger partial charge in [-0.2, -0.15) is 0 Å². The molecule has 2 heteroatoms. The van der Waals surface area contributed by atoms with Crippen molar-refractivity contribution in [2.45, 2.75) is 33.2 Å². The van der Waals surface area contributed by atoms with Crippen molar-refractivity contribution in [2.75, 3.05) is 6.54 Å². The van der Waals surface area contributed by atoms with Gasteiger partial charge in [-0.25, -0.2) is 0 Å². The lowest BCUT2D eigenvalue weighted by molar-refractivity contribution is 0.617. The van der Waals surface area contributed by atoms with Gasteiger partial charge in [0, 0.05) is 4.88 Å². The van der Waals surface area contributed by atoms with E-state index in [1.807, 2.05) is 11.3 Å². The molecule has 1 unspecified atom stereocenters. The average molecular weight is 209 g/mol. The van der Waals surface area contributed by atoms with Crippen molar-refractivity contribution in [3.8, 4) is 0 Å². The fourth-order valence-corrected chi connectivity index (χ4v) is 2.11. The minimum atomic E-state index is 0.403. The van der Waals surface area contributed by atoms with Gasteiger partial charge in [-0.15, -0.1) is 11.3 Å². The molecular weight excluding hydrogens is 190 g/mol. The summed E-state index contributed by atoms with van der Waals surface area (Å²) in [5, 5.41) is 5.67. The molecule has 1 rings (SSSR count). The Morgan fingerprint density at radius 2 is 2.36 bits per heavy atom. The predicted octanol–water partition coefficient (Wildman–Crippen LogP) is 3.76. The van der Waals surface area contributed by atoms with Crippen LogP contribution in [0.3, 0.4) is 0 Å². The van der Waals surface area contributed by atoms with Crippen molar-refractivity contribution < 1.29 is 0 Å². The lowest BCUT2D eigenvalue weighted by Crippen LogP contribution is -2.19. The largest absolute Gasteiger partial charge is 0.306 e. The van der Waals surface area contributed by atoms with Crippen molar-refractivity contribution >= 4 is 11.3 Å². The first-order valence-corrected chi connectivity index (χ1v) is 6.03. The number of hydrogen-bond donors (Lipinski definition) is 1. The summed E-state index contributed by atoms with van der Waals surface area (Å²) in [7, 11) is 0. The molecule has 0 spiro atoms. The maximum Gasteiger partial charge on any atom is 0.0603 e. The molecule has 1 heterocycles. The van der Waals surface area contributed by atoms with Crippen LogP contribution in [0.25, 0.3) is 0 Å². The Morgan fingerprint density at radius 1 is 1.57 bits per heavy atom. The summed E-state index contributed by atoms with van der Waals surface area (Å²) in [6.45, 7) is 7.57. The van der Waals surface area contributed by atoms with Crippen LogP contribution in [0, 0.1) is 0 Å². The summed E-state index contributed by atoms with van der Waals surface area (Å²) in [5.74, 6) is 0. The first kappa shape index (κ1) is 11.5. The topological polar surface area (TPSA) is 12.0 Å². The van der Waals surface area contributed by atoms with Gasteiger partial charge >= 0.3 is 0 Å². The van der Waals surface area contributed by atoms with Gasteiger partial charge in [-0.1, -0.05) is 24.6 Å². The number of nitrogens with one attached hydrogen (secondary N) is 1. The zero-order valence-electron chi connectivity index (χ0n) is 9.21. The Balaban J connectivity index is 2.67. The summed E-state index contributed by atoms with van der Waals surface area (Å²) >= 11 is 1.82. The van der Waals surface area contributed by atoms with Gasteiger partial charge in [-0.3, -0.25) is 0 Å². The second-order valence-corrected chi connectivity index (χ2v) is 4.67. The Bertz CT molecular complexity index is 271. The third-order valence-electron chi connectivity index (χ3n) is 1.96. The van der Waals surface area contributed by atoms with Crippen LogP contribution in [0.5, 0.6) is 0 Å². The van der Waals surface area contributed by atoms with Gasteiger partial charge in [0.05, 0.1) is 6.04 Å². The molecule has 0 aliphatic heterocycles. The van der Waals surface area contributed by atoms with Crippen molar-refractivity contribution in [2.24, 2.45) is 0 Å². The lowest BCUT2D eigenvalue weighted by Gasteiger charge is -2.13. The first-order chi connectivity index (χ1) is 6.74. The van der Waals surface area contributed by atoms with E-state index in [9.17, 15) is 0 Å². The fraction of sp³-hybridized carbons (Fsp3) is 0.500. The summed E-state index contributed by atoms with van der Waals surface area (Å²) in [6.07, 6.45) is 3.47. The first-order valence-electron chi connectivity index (χ1n) is 5.16. The molecule has 0 bridgehead atoms. The molecule has 0 saturated heterocycles. The Kier molecular flexibility index (Phi) is 4.91. The van der Waals surface area contributed by atoms with E-state index < -0.39 is 0 Å². The smallest absolute Gasteiger partial charge is 0.0603 e. The van der Waals surface area contributed by atoms with Crippen LogP contribution >= 0.6 is 11.3 Å². The molecule has 78 valence electrons.